The molecule has 1 aromatic rings. The summed E-state index contributed by atoms with van der Waals surface area (Å²) in [6.07, 6.45) is -0.00674. The van der Waals surface area contributed by atoms with Crippen LogP contribution in [-0.4, -0.2) is 54.2 Å². The lowest BCUT2D eigenvalue weighted by atomic mass is 9.96. The first-order valence-electron chi connectivity index (χ1n) is 9.14. The highest BCUT2D eigenvalue weighted by Gasteiger charge is 2.50. The molecule has 8 heteroatoms. The van der Waals surface area contributed by atoms with Gasteiger partial charge < -0.3 is 14.6 Å². The van der Waals surface area contributed by atoms with Crippen LogP contribution in [0.25, 0.3) is 0 Å². The number of carboxylic acid groups (broad SMARTS) is 1. The molecule has 1 heterocycles. The van der Waals surface area contributed by atoms with Crippen molar-refractivity contribution in [1.82, 2.24) is 4.31 Å². The molecular formula is C20H27NO6S. The highest BCUT2D eigenvalue weighted by atomic mass is 32.2. The zero-order valence-electron chi connectivity index (χ0n) is 16.8. The maximum atomic E-state index is 13.2. The number of benzene rings is 1. The maximum Gasteiger partial charge on any atom is 0.325 e. The molecule has 0 aliphatic carbocycles. The maximum absolute atomic E-state index is 13.2. The summed E-state index contributed by atoms with van der Waals surface area (Å²) >= 11 is 0. The van der Waals surface area contributed by atoms with Crippen LogP contribution < -0.4 is 4.74 Å². The third kappa shape index (κ3) is 4.66. The van der Waals surface area contributed by atoms with Crippen molar-refractivity contribution in [2.24, 2.45) is 0 Å². The van der Waals surface area contributed by atoms with Crippen LogP contribution in [0.4, 0.5) is 0 Å². The minimum absolute atomic E-state index is 0.00521. The predicted octanol–water partition coefficient (Wildman–Crippen LogP) is 2.51. The second-order valence-corrected chi connectivity index (χ2v) is 9.12. The summed E-state index contributed by atoms with van der Waals surface area (Å²) in [4.78, 5) is 11.8. The third-order valence-electron chi connectivity index (χ3n) is 4.51. The van der Waals surface area contributed by atoms with E-state index in [0.29, 0.717) is 12.2 Å². The average molecular weight is 410 g/mol. The number of carbonyl (C=O) groups is 1. The molecule has 1 fully saturated rings. The van der Waals surface area contributed by atoms with Gasteiger partial charge in [-0.25, -0.2) is 8.42 Å². The number of morpholine rings is 1. The van der Waals surface area contributed by atoms with Crippen LogP contribution in [-0.2, 0) is 19.6 Å². The fourth-order valence-corrected chi connectivity index (χ4v) is 5.13. The molecule has 2 rings (SSSR count). The number of rotatable bonds is 6. The molecule has 0 amide bonds. The van der Waals surface area contributed by atoms with Gasteiger partial charge >= 0.3 is 5.97 Å². The van der Waals surface area contributed by atoms with Crippen molar-refractivity contribution in [3.05, 3.63) is 24.3 Å². The normalized spacial score (nSPS) is 23.3. The van der Waals surface area contributed by atoms with Crippen molar-refractivity contribution in [2.45, 2.75) is 69.8 Å². The number of carboxylic acids is 1. The topological polar surface area (TPSA) is 93.1 Å². The van der Waals surface area contributed by atoms with Gasteiger partial charge in [-0.05, 0) is 58.4 Å². The molecule has 1 saturated heterocycles. The number of hydrogen-bond donors (Lipinski definition) is 1. The van der Waals surface area contributed by atoms with Gasteiger partial charge in [-0.3, -0.25) is 4.79 Å². The second-order valence-electron chi connectivity index (χ2n) is 7.23. The highest BCUT2D eigenvalue weighted by molar-refractivity contribution is 7.89. The molecule has 3 atom stereocenters. The Hall–Kier alpha value is -2.08. The van der Waals surface area contributed by atoms with Crippen LogP contribution in [0.2, 0.25) is 0 Å². The van der Waals surface area contributed by atoms with Crippen molar-refractivity contribution < 1.29 is 27.8 Å². The molecule has 1 N–H and O–H groups in total. The number of sulfonamides is 1. The molecule has 0 radical (unpaired) electrons. The molecule has 1 aromatic carbocycles. The summed E-state index contributed by atoms with van der Waals surface area (Å²) in [6.45, 7) is 8.53. The molecule has 0 bridgehead atoms. The van der Waals surface area contributed by atoms with Crippen LogP contribution >= 0.6 is 0 Å². The Morgan fingerprint density at radius 1 is 1.39 bits per heavy atom. The zero-order valence-corrected chi connectivity index (χ0v) is 17.6. The molecule has 0 aromatic heterocycles. The minimum Gasteiger partial charge on any atom is -0.480 e. The highest BCUT2D eigenvalue weighted by Crippen LogP contribution is 2.33. The summed E-state index contributed by atoms with van der Waals surface area (Å²) < 4.78 is 38.8. The van der Waals surface area contributed by atoms with Crippen molar-refractivity contribution >= 4 is 16.0 Å². The summed E-state index contributed by atoms with van der Waals surface area (Å²) in [5.41, 5.74) is -1.16. The smallest absolute Gasteiger partial charge is 0.325 e. The first-order chi connectivity index (χ1) is 13.0. The number of ether oxygens (including phenoxy) is 2. The lowest BCUT2D eigenvalue weighted by molar-refractivity contribution is -0.174. The summed E-state index contributed by atoms with van der Waals surface area (Å²) in [7, 11) is -4.03. The van der Waals surface area contributed by atoms with E-state index < -0.39 is 33.7 Å². The van der Waals surface area contributed by atoms with Crippen molar-refractivity contribution in [1.29, 1.82) is 0 Å². The Labute approximate surface area is 166 Å². The summed E-state index contributed by atoms with van der Waals surface area (Å²) in [5.74, 6) is 4.98. The Morgan fingerprint density at radius 2 is 2.00 bits per heavy atom. The number of hydrogen-bond acceptors (Lipinski definition) is 5. The summed E-state index contributed by atoms with van der Waals surface area (Å²) in [6, 6.07) is 4.62. The van der Waals surface area contributed by atoms with E-state index in [1.54, 1.807) is 39.8 Å². The fourth-order valence-electron chi connectivity index (χ4n) is 3.35. The lowest BCUT2D eigenvalue weighted by Gasteiger charge is -2.45. The van der Waals surface area contributed by atoms with Crippen molar-refractivity contribution in [3.8, 4) is 17.6 Å². The molecule has 28 heavy (non-hydrogen) atoms. The zero-order chi connectivity index (χ0) is 21.1. The minimum atomic E-state index is -4.03. The van der Waals surface area contributed by atoms with E-state index in [2.05, 4.69) is 11.8 Å². The monoisotopic (exact) mass is 409 g/mol. The Morgan fingerprint density at radius 3 is 2.50 bits per heavy atom. The fraction of sp³-hybridized carbons (Fsp3) is 0.550. The SMILES string of the molecule is CC#CC(CC)Oc1ccc(S(=O)(=O)N2CC(C)OC(C)(C)C2C(=O)O)cc1. The van der Waals surface area contributed by atoms with Crippen LogP contribution in [0.1, 0.15) is 41.0 Å². The number of aliphatic carboxylic acids is 1. The standard InChI is InChI=1S/C20H27NO6S/c1-6-8-15(7-2)26-16-9-11-17(12-10-16)28(24,25)21-13-14(3)27-20(4,5)18(21)19(22)23/h9-12,14-15,18H,7,13H2,1-5H3,(H,22,23). The molecule has 3 unspecified atom stereocenters. The number of nitrogens with zero attached hydrogens (tertiary/aromatic N) is 1. The van der Waals surface area contributed by atoms with E-state index >= 15 is 0 Å². The van der Waals surface area contributed by atoms with E-state index in [0.717, 1.165) is 4.31 Å². The van der Waals surface area contributed by atoms with Gasteiger partial charge in [0.1, 0.15) is 5.75 Å². The molecule has 7 nitrogen and oxygen atoms in total. The van der Waals surface area contributed by atoms with Crippen LogP contribution in [0.15, 0.2) is 29.2 Å². The van der Waals surface area contributed by atoms with Gasteiger partial charge in [-0.15, -0.1) is 5.92 Å². The van der Waals surface area contributed by atoms with Crippen molar-refractivity contribution in [3.63, 3.8) is 0 Å². The van der Waals surface area contributed by atoms with E-state index in [1.165, 1.54) is 12.1 Å². The Bertz CT molecular complexity index is 866. The van der Waals surface area contributed by atoms with Gasteiger partial charge in [0.15, 0.2) is 12.1 Å². The molecule has 154 valence electrons. The molecule has 1 aliphatic heterocycles. The Kier molecular flexibility index (Phi) is 6.75. The van der Waals surface area contributed by atoms with Crippen LogP contribution in [0.5, 0.6) is 5.75 Å². The van der Waals surface area contributed by atoms with Gasteiger partial charge in [0.25, 0.3) is 0 Å². The van der Waals surface area contributed by atoms with Gasteiger partial charge in [0, 0.05) is 6.54 Å². The molecule has 0 spiro atoms. The van der Waals surface area contributed by atoms with Crippen molar-refractivity contribution in [2.75, 3.05) is 6.54 Å². The van der Waals surface area contributed by atoms with Crippen LogP contribution in [0.3, 0.4) is 0 Å². The summed E-state index contributed by atoms with van der Waals surface area (Å²) in [5, 5.41) is 9.64. The van der Waals surface area contributed by atoms with Gasteiger partial charge in [0.05, 0.1) is 16.6 Å². The third-order valence-corrected chi connectivity index (χ3v) is 6.35. The molecular weight excluding hydrogens is 382 g/mol. The quantitative estimate of drug-likeness (QED) is 0.726. The largest absolute Gasteiger partial charge is 0.480 e. The lowest BCUT2D eigenvalue weighted by Crippen LogP contribution is -2.63. The molecule has 0 saturated carbocycles. The van der Waals surface area contributed by atoms with E-state index in [-0.39, 0.29) is 17.5 Å². The van der Waals surface area contributed by atoms with E-state index in [1.807, 2.05) is 6.92 Å². The Balaban J connectivity index is 2.34. The van der Waals surface area contributed by atoms with E-state index in [4.69, 9.17) is 9.47 Å². The first-order valence-corrected chi connectivity index (χ1v) is 10.6. The van der Waals surface area contributed by atoms with Crippen LogP contribution in [0, 0.1) is 11.8 Å². The molecule has 1 aliphatic rings. The van der Waals surface area contributed by atoms with E-state index in [9.17, 15) is 18.3 Å². The predicted molar refractivity (Wildman–Crippen MR) is 105 cm³/mol. The van der Waals surface area contributed by atoms with Gasteiger partial charge in [0.2, 0.25) is 10.0 Å². The van der Waals surface area contributed by atoms with Gasteiger partial charge in [-0.2, -0.15) is 4.31 Å². The first kappa shape index (κ1) is 22.2. The second kappa shape index (κ2) is 8.52. The average Bonchev–Trinajstić information content (AvgIpc) is 2.59. The van der Waals surface area contributed by atoms with Gasteiger partial charge in [-0.1, -0.05) is 12.8 Å².